The topological polar surface area (TPSA) is 29.5 Å². The van der Waals surface area contributed by atoms with Gasteiger partial charge in [-0.2, -0.15) is 0 Å². The third-order valence-electron chi connectivity index (χ3n) is 3.27. The van der Waals surface area contributed by atoms with E-state index >= 15 is 0 Å². The molecule has 0 radical (unpaired) electrons. The second kappa shape index (κ2) is 6.86. The summed E-state index contributed by atoms with van der Waals surface area (Å²) in [6, 6.07) is 15.1. The number of thiocarbonyl (C=S) groups is 1. The molecule has 0 unspecified atom stereocenters. The molecule has 3 nitrogen and oxygen atoms in total. The first-order valence-electron chi connectivity index (χ1n) is 6.76. The van der Waals surface area contributed by atoms with Crippen LogP contribution < -0.4 is 9.64 Å². The fourth-order valence-corrected chi connectivity index (χ4v) is 3.84. The van der Waals surface area contributed by atoms with Crippen LogP contribution in [0.3, 0.4) is 0 Å². The molecule has 3 rings (SSSR count). The van der Waals surface area contributed by atoms with E-state index in [0.717, 1.165) is 21.5 Å². The van der Waals surface area contributed by atoms with Crippen LogP contribution >= 0.6 is 39.9 Å². The van der Waals surface area contributed by atoms with Crippen LogP contribution in [0, 0.1) is 0 Å². The highest BCUT2D eigenvalue weighted by molar-refractivity contribution is 9.10. The first-order chi connectivity index (χ1) is 11.1. The molecule has 1 amide bonds. The maximum atomic E-state index is 12.7. The molecule has 0 spiro atoms. The predicted octanol–water partition coefficient (Wildman–Crippen LogP) is 4.86. The Labute approximate surface area is 152 Å². The zero-order chi connectivity index (χ0) is 16.4. The average Bonchev–Trinajstić information content (AvgIpc) is 2.82. The van der Waals surface area contributed by atoms with Gasteiger partial charge in [0.1, 0.15) is 5.75 Å². The maximum absolute atomic E-state index is 12.7. The van der Waals surface area contributed by atoms with Gasteiger partial charge in [0, 0.05) is 4.47 Å². The minimum Gasteiger partial charge on any atom is -0.497 e. The van der Waals surface area contributed by atoms with Gasteiger partial charge in [-0.05, 0) is 42.0 Å². The number of carbonyl (C=O) groups is 1. The largest absolute Gasteiger partial charge is 0.497 e. The summed E-state index contributed by atoms with van der Waals surface area (Å²) in [5.41, 5.74) is 1.69. The lowest BCUT2D eigenvalue weighted by Crippen LogP contribution is -2.27. The van der Waals surface area contributed by atoms with E-state index in [1.54, 1.807) is 12.0 Å². The number of ether oxygens (including phenoxy) is 1. The number of hydrogen-bond acceptors (Lipinski definition) is 4. The van der Waals surface area contributed by atoms with Gasteiger partial charge in [-0.3, -0.25) is 9.69 Å². The van der Waals surface area contributed by atoms with Crippen LogP contribution in [-0.4, -0.2) is 17.3 Å². The number of thioether (sulfide) groups is 1. The summed E-state index contributed by atoms with van der Waals surface area (Å²) in [5, 5.41) is 0. The van der Waals surface area contributed by atoms with Crippen molar-refractivity contribution in [3.8, 4) is 5.75 Å². The number of halogens is 1. The molecule has 0 bridgehead atoms. The Kier molecular flexibility index (Phi) is 4.84. The highest BCUT2D eigenvalue weighted by Gasteiger charge is 2.33. The lowest BCUT2D eigenvalue weighted by molar-refractivity contribution is -0.113. The zero-order valence-corrected chi connectivity index (χ0v) is 15.4. The fourth-order valence-electron chi connectivity index (χ4n) is 2.16. The molecule has 0 N–H and O–H groups in total. The monoisotopic (exact) mass is 405 g/mol. The molecular formula is C17H12BrNO2S2. The molecule has 1 fully saturated rings. The summed E-state index contributed by atoms with van der Waals surface area (Å²) in [6.07, 6.45) is 1.84. The van der Waals surface area contributed by atoms with E-state index in [1.165, 1.54) is 11.8 Å². The van der Waals surface area contributed by atoms with Gasteiger partial charge < -0.3 is 4.74 Å². The van der Waals surface area contributed by atoms with Crippen molar-refractivity contribution >= 4 is 61.9 Å². The number of benzene rings is 2. The van der Waals surface area contributed by atoms with E-state index < -0.39 is 0 Å². The van der Waals surface area contributed by atoms with Crippen molar-refractivity contribution in [2.45, 2.75) is 0 Å². The zero-order valence-electron chi connectivity index (χ0n) is 12.2. The van der Waals surface area contributed by atoms with Gasteiger partial charge in [-0.15, -0.1) is 0 Å². The van der Waals surface area contributed by atoms with E-state index in [0.29, 0.717) is 9.23 Å². The van der Waals surface area contributed by atoms with Crippen molar-refractivity contribution in [1.82, 2.24) is 0 Å². The molecule has 23 heavy (non-hydrogen) atoms. The standard InChI is InChI=1S/C17H12BrNO2S2/c1-21-14-7-5-11(6-8-14)9-15-16(20)19(17(22)23-15)13-4-2-3-12(18)10-13/h2-10H,1H3/b15-9-. The summed E-state index contributed by atoms with van der Waals surface area (Å²) in [4.78, 5) is 14.8. The van der Waals surface area contributed by atoms with Crippen molar-refractivity contribution in [3.63, 3.8) is 0 Å². The van der Waals surface area contributed by atoms with E-state index in [9.17, 15) is 4.79 Å². The number of amides is 1. The molecule has 0 atom stereocenters. The predicted molar refractivity (Wildman–Crippen MR) is 103 cm³/mol. The first-order valence-corrected chi connectivity index (χ1v) is 8.78. The minimum absolute atomic E-state index is 0.103. The van der Waals surface area contributed by atoms with Gasteiger partial charge in [-0.25, -0.2) is 0 Å². The molecule has 2 aromatic carbocycles. The minimum atomic E-state index is -0.103. The van der Waals surface area contributed by atoms with E-state index in [4.69, 9.17) is 17.0 Å². The second-order valence-corrected chi connectivity index (χ2v) is 7.36. The summed E-state index contributed by atoms with van der Waals surface area (Å²) in [5.74, 6) is 0.678. The second-order valence-electron chi connectivity index (χ2n) is 4.77. The number of rotatable bonds is 3. The molecule has 1 aliphatic rings. The lowest BCUT2D eigenvalue weighted by Gasteiger charge is -2.14. The van der Waals surface area contributed by atoms with Crippen LogP contribution in [0.1, 0.15) is 5.56 Å². The van der Waals surface area contributed by atoms with Crippen LogP contribution in [0.15, 0.2) is 57.9 Å². The Morgan fingerprint density at radius 1 is 1.22 bits per heavy atom. The Hall–Kier alpha value is -1.63. The van der Waals surface area contributed by atoms with Crippen molar-refractivity contribution in [2.24, 2.45) is 0 Å². The van der Waals surface area contributed by atoms with Gasteiger partial charge in [0.15, 0.2) is 4.32 Å². The molecule has 0 saturated carbocycles. The van der Waals surface area contributed by atoms with Crippen LogP contribution in [0.2, 0.25) is 0 Å². The molecule has 0 aliphatic carbocycles. The Morgan fingerprint density at radius 2 is 1.96 bits per heavy atom. The summed E-state index contributed by atoms with van der Waals surface area (Å²) < 4.78 is 6.58. The number of methoxy groups -OCH3 is 1. The molecule has 1 saturated heterocycles. The molecule has 0 aromatic heterocycles. The van der Waals surface area contributed by atoms with Crippen molar-refractivity contribution in [2.75, 3.05) is 12.0 Å². The summed E-state index contributed by atoms with van der Waals surface area (Å²) >= 11 is 10.1. The van der Waals surface area contributed by atoms with Gasteiger partial charge in [0.05, 0.1) is 17.7 Å². The van der Waals surface area contributed by atoms with E-state index in [1.807, 2.05) is 54.6 Å². The molecule has 2 aromatic rings. The SMILES string of the molecule is COc1ccc(/C=C2\SC(=S)N(c3cccc(Br)c3)C2=O)cc1. The Balaban J connectivity index is 1.89. The van der Waals surface area contributed by atoms with Gasteiger partial charge >= 0.3 is 0 Å². The first kappa shape index (κ1) is 16.2. The van der Waals surface area contributed by atoms with Crippen molar-refractivity contribution in [3.05, 3.63) is 63.5 Å². The van der Waals surface area contributed by atoms with Gasteiger partial charge in [-0.1, -0.05) is 58.1 Å². The van der Waals surface area contributed by atoms with E-state index in [2.05, 4.69) is 15.9 Å². The maximum Gasteiger partial charge on any atom is 0.270 e. The highest BCUT2D eigenvalue weighted by Crippen LogP contribution is 2.36. The van der Waals surface area contributed by atoms with E-state index in [-0.39, 0.29) is 5.91 Å². The van der Waals surface area contributed by atoms with Gasteiger partial charge in [0.25, 0.3) is 5.91 Å². The Morgan fingerprint density at radius 3 is 2.61 bits per heavy atom. The van der Waals surface area contributed by atoms with Crippen molar-refractivity contribution < 1.29 is 9.53 Å². The normalized spacial score (nSPS) is 16.3. The third-order valence-corrected chi connectivity index (χ3v) is 5.07. The lowest BCUT2D eigenvalue weighted by atomic mass is 10.2. The quantitative estimate of drug-likeness (QED) is 0.538. The molecule has 1 heterocycles. The number of carbonyl (C=O) groups excluding carboxylic acids is 1. The molecule has 116 valence electrons. The average molecular weight is 406 g/mol. The molecule has 1 aliphatic heterocycles. The third kappa shape index (κ3) is 3.49. The smallest absolute Gasteiger partial charge is 0.270 e. The van der Waals surface area contributed by atoms with Crippen molar-refractivity contribution in [1.29, 1.82) is 0 Å². The van der Waals surface area contributed by atoms with Crippen LogP contribution in [0.4, 0.5) is 5.69 Å². The summed E-state index contributed by atoms with van der Waals surface area (Å²) in [7, 11) is 1.62. The van der Waals surface area contributed by atoms with Gasteiger partial charge in [0.2, 0.25) is 0 Å². The van der Waals surface area contributed by atoms with Crippen LogP contribution in [-0.2, 0) is 4.79 Å². The molecule has 6 heteroatoms. The highest BCUT2D eigenvalue weighted by atomic mass is 79.9. The Bertz CT molecular complexity index is 802. The molecular weight excluding hydrogens is 394 g/mol. The summed E-state index contributed by atoms with van der Waals surface area (Å²) in [6.45, 7) is 0. The number of anilines is 1. The van der Waals surface area contributed by atoms with Crippen LogP contribution in [0.25, 0.3) is 6.08 Å². The fraction of sp³-hybridized carbons (Fsp3) is 0.0588. The number of hydrogen-bond donors (Lipinski definition) is 0. The number of nitrogens with zero attached hydrogens (tertiary/aromatic N) is 1. The van der Waals surface area contributed by atoms with Crippen LogP contribution in [0.5, 0.6) is 5.75 Å².